The summed E-state index contributed by atoms with van der Waals surface area (Å²) in [7, 11) is 0. The van der Waals surface area contributed by atoms with Gasteiger partial charge in [0.05, 0.1) is 0 Å². The number of aromatic nitrogens is 2. The Hall–Kier alpha value is -1.49. The summed E-state index contributed by atoms with van der Waals surface area (Å²) in [6.07, 6.45) is 7.21. The van der Waals surface area contributed by atoms with E-state index in [-0.39, 0.29) is 0 Å². The molecule has 19 heavy (non-hydrogen) atoms. The Kier molecular flexibility index (Phi) is 3.73. The second-order valence-electron chi connectivity index (χ2n) is 5.34. The van der Waals surface area contributed by atoms with Gasteiger partial charge in [-0.1, -0.05) is 0 Å². The standard InChI is InChI=1S/C14H20N4O/c19-13-4-2-12(3-5-13)17-8-10-18(11-9-17)14-15-6-1-7-16-14/h1,6-7,12H,2-5,8-11H2. The van der Waals surface area contributed by atoms with Crippen LogP contribution in [0.4, 0.5) is 5.95 Å². The number of anilines is 1. The maximum absolute atomic E-state index is 11.3. The van der Waals surface area contributed by atoms with Crippen molar-refractivity contribution in [1.29, 1.82) is 0 Å². The highest BCUT2D eigenvalue weighted by atomic mass is 16.1. The number of piperazine rings is 1. The molecule has 1 saturated heterocycles. The minimum atomic E-state index is 0.438. The molecular weight excluding hydrogens is 240 g/mol. The Bertz CT molecular complexity index is 418. The van der Waals surface area contributed by atoms with Crippen LogP contribution < -0.4 is 4.90 Å². The maximum Gasteiger partial charge on any atom is 0.225 e. The van der Waals surface area contributed by atoms with E-state index in [0.717, 1.165) is 57.8 Å². The lowest BCUT2D eigenvalue weighted by Crippen LogP contribution is -2.51. The lowest BCUT2D eigenvalue weighted by atomic mass is 9.93. The van der Waals surface area contributed by atoms with Crippen molar-refractivity contribution in [3.05, 3.63) is 18.5 Å². The van der Waals surface area contributed by atoms with Crippen molar-refractivity contribution in [3.8, 4) is 0 Å². The maximum atomic E-state index is 11.3. The largest absolute Gasteiger partial charge is 0.338 e. The van der Waals surface area contributed by atoms with Gasteiger partial charge in [0.15, 0.2) is 0 Å². The van der Waals surface area contributed by atoms with Gasteiger partial charge < -0.3 is 4.90 Å². The first kappa shape index (κ1) is 12.5. The zero-order chi connectivity index (χ0) is 13.1. The Balaban J connectivity index is 1.53. The quantitative estimate of drug-likeness (QED) is 0.797. The topological polar surface area (TPSA) is 49.3 Å². The third-order valence-electron chi connectivity index (χ3n) is 4.18. The van der Waals surface area contributed by atoms with Crippen molar-refractivity contribution >= 4 is 11.7 Å². The molecule has 0 radical (unpaired) electrons. The lowest BCUT2D eigenvalue weighted by molar-refractivity contribution is -0.121. The van der Waals surface area contributed by atoms with Gasteiger partial charge in [-0.2, -0.15) is 0 Å². The fraction of sp³-hybridized carbons (Fsp3) is 0.643. The molecule has 0 unspecified atom stereocenters. The fourth-order valence-corrected chi connectivity index (χ4v) is 3.03. The predicted molar refractivity (Wildman–Crippen MR) is 73.1 cm³/mol. The zero-order valence-corrected chi connectivity index (χ0v) is 11.2. The van der Waals surface area contributed by atoms with Gasteiger partial charge in [0, 0.05) is 57.5 Å². The average molecular weight is 260 g/mol. The van der Waals surface area contributed by atoms with Crippen LogP contribution in [0.2, 0.25) is 0 Å². The Labute approximate surface area is 113 Å². The van der Waals surface area contributed by atoms with Crippen LogP contribution >= 0.6 is 0 Å². The third kappa shape index (κ3) is 2.92. The minimum absolute atomic E-state index is 0.438. The van der Waals surface area contributed by atoms with E-state index in [9.17, 15) is 4.79 Å². The molecule has 5 nitrogen and oxygen atoms in total. The molecule has 1 saturated carbocycles. The summed E-state index contributed by atoms with van der Waals surface area (Å²) in [5, 5.41) is 0. The summed E-state index contributed by atoms with van der Waals surface area (Å²) in [6, 6.07) is 2.45. The number of rotatable bonds is 2. The van der Waals surface area contributed by atoms with E-state index >= 15 is 0 Å². The number of carbonyl (C=O) groups is 1. The third-order valence-corrected chi connectivity index (χ3v) is 4.18. The summed E-state index contributed by atoms with van der Waals surface area (Å²) < 4.78 is 0. The van der Waals surface area contributed by atoms with Crippen LogP contribution in [-0.2, 0) is 4.79 Å². The molecule has 0 spiro atoms. The monoisotopic (exact) mass is 260 g/mol. The molecule has 102 valence electrons. The molecule has 0 amide bonds. The van der Waals surface area contributed by atoms with E-state index in [2.05, 4.69) is 19.8 Å². The smallest absolute Gasteiger partial charge is 0.225 e. The second kappa shape index (κ2) is 5.65. The van der Waals surface area contributed by atoms with Crippen LogP contribution in [0.1, 0.15) is 25.7 Å². The number of hydrogen-bond donors (Lipinski definition) is 0. The molecule has 1 aromatic heterocycles. The Morgan fingerprint density at radius 1 is 1.00 bits per heavy atom. The lowest BCUT2D eigenvalue weighted by Gasteiger charge is -2.40. The van der Waals surface area contributed by atoms with E-state index in [1.807, 2.05) is 6.07 Å². The fourth-order valence-electron chi connectivity index (χ4n) is 3.03. The van der Waals surface area contributed by atoms with Gasteiger partial charge in [-0.05, 0) is 18.9 Å². The number of nitrogens with zero attached hydrogens (tertiary/aromatic N) is 4. The van der Waals surface area contributed by atoms with Crippen LogP contribution in [0, 0.1) is 0 Å². The van der Waals surface area contributed by atoms with Crippen LogP contribution in [0.25, 0.3) is 0 Å². The predicted octanol–water partition coefficient (Wildman–Crippen LogP) is 1.11. The van der Waals surface area contributed by atoms with E-state index < -0.39 is 0 Å². The van der Waals surface area contributed by atoms with Gasteiger partial charge in [0.1, 0.15) is 5.78 Å². The van der Waals surface area contributed by atoms with Gasteiger partial charge in [-0.3, -0.25) is 9.69 Å². The Morgan fingerprint density at radius 3 is 2.26 bits per heavy atom. The second-order valence-corrected chi connectivity index (χ2v) is 5.34. The van der Waals surface area contributed by atoms with Crippen molar-refractivity contribution in [1.82, 2.24) is 14.9 Å². The first-order valence-corrected chi connectivity index (χ1v) is 7.10. The molecule has 2 aliphatic rings. The molecule has 3 rings (SSSR count). The highest BCUT2D eigenvalue weighted by molar-refractivity contribution is 5.79. The van der Waals surface area contributed by atoms with Crippen molar-refractivity contribution in [2.24, 2.45) is 0 Å². The van der Waals surface area contributed by atoms with Crippen LogP contribution in [0.15, 0.2) is 18.5 Å². The molecule has 0 bridgehead atoms. The van der Waals surface area contributed by atoms with E-state index in [1.54, 1.807) is 12.4 Å². The molecule has 1 aliphatic carbocycles. The number of carbonyl (C=O) groups excluding carboxylic acids is 1. The first-order valence-electron chi connectivity index (χ1n) is 7.10. The summed E-state index contributed by atoms with van der Waals surface area (Å²) in [4.78, 5) is 24.7. The van der Waals surface area contributed by atoms with Crippen LogP contribution in [0.5, 0.6) is 0 Å². The van der Waals surface area contributed by atoms with Gasteiger partial charge in [-0.15, -0.1) is 0 Å². The molecule has 0 aromatic carbocycles. The van der Waals surface area contributed by atoms with Crippen molar-refractivity contribution < 1.29 is 4.79 Å². The van der Waals surface area contributed by atoms with Crippen molar-refractivity contribution in [2.75, 3.05) is 31.1 Å². The number of Topliss-reactive ketones (excluding diaryl/α,β-unsaturated/α-hetero) is 1. The molecule has 5 heteroatoms. The summed E-state index contributed by atoms with van der Waals surface area (Å²) in [5.74, 6) is 1.27. The SMILES string of the molecule is O=C1CCC(N2CCN(c3ncccn3)CC2)CC1. The Morgan fingerprint density at radius 2 is 1.63 bits per heavy atom. The average Bonchev–Trinajstić information content (AvgIpc) is 2.49. The van der Waals surface area contributed by atoms with Gasteiger partial charge in [0.25, 0.3) is 0 Å². The molecule has 1 aliphatic heterocycles. The summed E-state index contributed by atoms with van der Waals surface area (Å²) >= 11 is 0. The first-order chi connectivity index (χ1) is 9.33. The van der Waals surface area contributed by atoms with Crippen molar-refractivity contribution in [2.45, 2.75) is 31.7 Å². The highest BCUT2D eigenvalue weighted by Gasteiger charge is 2.27. The zero-order valence-electron chi connectivity index (χ0n) is 11.2. The molecule has 2 heterocycles. The highest BCUT2D eigenvalue weighted by Crippen LogP contribution is 2.22. The molecule has 2 fully saturated rings. The minimum Gasteiger partial charge on any atom is -0.338 e. The van der Waals surface area contributed by atoms with E-state index in [1.165, 1.54) is 0 Å². The summed E-state index contributed by atoms with van der Waals surface area (Å²) in [6.45, 7) is 4.07. The number of ketones is 1. The van der Waals surface area contributed by atoms with Gasteiger partial charge in [0.2, 0.25) is 5.95 Å². The number of hydrogen-bond acceptors (Lipinski definition) is 5. The molecule has 1 aromatic rings. The van der Waals surface area contributed by atoms with E-state index in [0.29, 0.717) is 11.8 Å². The van der Waals surface area contributed by atoms with Gasteiger partial charge in [-0.25, -0.2) is 9.97 Å². The van der Waals surface area contributed by atoms with Gasteiger partial charge >= 0.3 is 0 Å². The molecule has 0 atom stereocenters. The van der Waals surface area contributed by atoms with Crippen LogP contribution in [0.3, 0.4) is 0 Å². The molecular formula is C14H20N4O. The molecule has 0 N–H and O–H groups in total. The van der Waals surface area contributed by atoms with Crippen molar-refractivity contribution in [3.63, 3.8) is 0 Å². The normalized spacial score (nSPS) is 22.7. The van der Waals surface area contributed by atoms with Crippen LogP contribution in [-0.4, -0.2) is 52.9 Å². The summed E-state index contributed by atoms with van der Waals surface area (Å²) in [5.41, 5.74) is 0. The van der Waals surface area contributed by atoms with E-state index in [4.69, 9.17) is 0 Å².